The summed E-state index contributed by atoms with van der Waals surface area (Å²) in [7, 11) is 1.60. The number of aromatic amines is 1. The van der Waals surface area contributed by atoms with Gasteiger partial charge in [-0.25, -0.2) is 5.43 Å². The van der Waals surface area contributed by atoms with Crippen LogP contribution in [0.5, 0.6) is 5.75 Å². The van der Waals surface area contributed by atoms with Gasteiger partial charge in [-0.3, -0.25) is 9.89 Å². The molecule has 130 valence electrons. The molecule has 6 heteroatoms. The molecule has 0 saturated carbocycles. The van der Waals surface area contributed by atoms with E-state index in [9.17, 15) is 4.79 Å². The molecule has 0 unspecified atom stereocenters. The van der Waals surface area contributed by atoms with Crippen LogP contribution in [0.25, 0.3) is 17.3 Å². The Kier molecular flexibility index (Phi) is 5.57. The lowest BCUT2D eigenvalue weighted by Crippen LogP contribution is -2.17. The van der Waals surface area contributed by atoms with Crippen LogP contribution in [0.3, 0.4) is 0 Å². The number of hydrazone groups is 1. The van der Waals surface area contributed by atoms with E-state index >= 15 is 0 Å². The molecule has 0 saturated heterocycles. The highest BCUT2D eigenvalue weighted by Crippen LogP contribution is 2.22. The molecule has 2 N–H and O–H groups in total. The number of hydrogen-bond donors (Lipinski definition) is 2. The highest BCUT2D eigenvalue weighted by molar-refractivity contribution is 5.94. The topological polar surface area (TPSA) is 79.4 Å². The van der Waals surface area contributed by atoms with Gasteiger partial charge in [-0.1, -0.05) is 48.5 Å². The number of ether oxygens (including phenoxy) is 1. The fraction of sp³-hybridized carbons (Fsp3) is 0.0500. The van der Waals surface area contributed by atoms with Crippen LogP contribution in [0.2, 0.25) is 0 Å². The maximum atomic E-state index is 12.1. The normalized spacial score (nSPS) is 11.1. The number of rotatable bonds is 6. The van der Waals surface area contributed by atoms with Crippen LogP contribution < -0.4 is 10.2 Å². The van der Waals surface area contributed by atoms with Crippen LogP contribution in [0.1, 0.15) is 16.1 Å². The number of benzene rings is 2. The van der Waals surface area contributed by atoms with Crippen molar-refractivity contribution in [1.82, 2.24) is 15.6 Å². The van der Waals surface area contributed by atoms with Crippen LogP contribution in [-0.4, -0.2) is 29.4 Å². The van der Waals surface area contributed by atoms with Gasteiger partial charge in [0, 0.05) is 11.8 Å². The number of aromatic nitrogens is 2. The molecule has 0 bridgehead atoms. The summed E-state index contributed by atoms with van der Waals surface area (Å²) in [6, 6.07) is 19.0. The molecule has 1 amide bonds. The quantitative estimate of drug-likeness (QED) is 0.529. The van der Waals surface area contributed by atoms with Crippen molar-refractivity contribution >= 4 is 18.2 Å². The van der Waals surface area contributed by atoms with Crippen molar-refractivity contribution < 1.29 is 9.53 Å². The molecule has 0 spiro atoms. The first-order chi connectivity index (χ1) is 12.8. The second kappa shape index (κ2) is 8.43. The largest absolute Gasteiger partial charge is 0.497 e. The lowest BCUT2D eigenvalue weighted by Gasteiger charge is -2.00. The van der Waals surface area contributed by atoms with Gasteiger partial charge in [0.1, 0.15) is 11.4 Å². The second-order valence-electron chi connectivity index (χ2n) is 5.39. The van der Waals surface area contributed by atoms with Gasteiger partial charge in [0.05, 0.1) is 12.8 Å². The van der Waals surface area contributed by atoms with Gasteiger partial charge in [-0.05, 0) is 29.8 Å². The van der Waals surface area contributed by atoms with Gasteiger partial charge < -0.3 is 4.74 Å². The summed E-state index contributed by atoms with van der Waals surface area (Å²) >= 11 is 0. The first-order valence-electron chi connectivity index (χ1n) is 8.01. The summed E-state index contributed by atoms with van der Waals surface area (Å²) in [4.78, 5) is 12.1. The molecule has 0 aliphatic rings. The smallest absolute Gasteiger partial charge is 0.289 e. The monoisotopic (exact) mass is 346 g/mol. The predicted molar refractivity (Wildman–Crippen MR) is 102 cm³/mol. The SMILES string of the molecule is COc1cccc(-c2cc(C(=O)N/N=C/C=C/c3ccccc3)[nH]n2)c1. The van der Waals surface area contributed by atoms with Crippen LogP contribution in [0, 0.1) is 0 Å². The molecule has 0 radical (unpaired) electrons. The third-order valence-electron chi connectivity index (χ3n) is 3.60. The summed E-state index contributed by atoms with van der Waals surface area (Å²) in [5, 5.41) is 10.8. The number of carbonyl (C=O) groups excluding carboxylic acids is 1. The number of nitrogens with zero attached hydrogens (tertiary/aromatic N) is 2. The molecule has 0 aliphatic carbocycles. The fourth-order valence-electron chi connectivity index (χ4n) is 2.29. The van der Waals surface area contributed by atoms with E-state index in [4.69, 9.17) is 4.74 Å². The minimum Gasteiger partial charge on any atom is -0.497 e. The summed E-state index contributed by atoms with van der Waals surface area (Å²) in [6.45, 7) is 0. The van der Waals surface area contributed by atoms with Gasteiger partial charge in [-0.15, -0.1) is 0 Å². The van der Waals surface area contributed by atoms with Crippen molar-refractivity contribution in [1.29, 1.82) is 0 Å². The Morgan fingerprint density at radius 2 is 2.00 bits per heavy atom. The Balaban J connectivity index is 1.59. The Labute approximate surface area is 151 Å². The molecule has 0 fully saturated rings. The molecule has 3 rings (SSSR count). The van der Waals surface area contributed by atoms with Crippen LogP contribution in [0.15, 0.2) is 71.8 Å². The summed E-state index contributed by atoms with van der Waals surface area (Å²) in [5.74, 6) is 0.363. The maximum absolute atomic E-state index is 12.1. The maximum Gasteiger partial charge on any atom is 0.289 e. The molecule has 1 aromatic heterocycles. The Morgan fingerprint density at radius 3 is 2.81 bits per heavy atom. The lowest BCUT2D eigenvalue weighted by atomic mass is 10.1. The van der Waals surface area contributed by atoms with Gasteiger partial charge in [0.25, 0.3) is 5.91 Å². The summed E-state index contributed by atoms with van der Waals surface area (Å²) in [5.41, 5.74) is 5.35. The average molecular weight is 346 g/mol. The molecule has 26 heavy (non-hydrogen) atoms. The van der Waals surface area contributed by atoms with E-state index in [0.29, 0.717) is 11.4 Å². The number of hydrogen-bond acceptors (Lipinski definition) is 4. The number of H-pyrrole nitrogens is 1. The number of methoxy groups -OCH3 is 1. The third kappa shape index (κ3) is 4.45. The first-order valence-corrected chi connectivity index (χ1v) is 8.01. The molecule has 6 nitrogen and oxygen atoms in total. The highest BCUT2D eigenvalue weighted by Gasteiger charge is 2.10. The zero-order valence-electron chi connectivity index (χ0n) is 14.2. The summed E-state index contributed by atoms with van der Waals surface area (Å²) in [6.07, 6.45) is 5.17. The van der Waals surface area contributed by atoms with E-state index in [-0.39, 0.29) is 5.91 Å². The second-order valence-corrected chi connectivity index (χ2v) is 5.39. The van der Waals surface area contributed by atoms with Crippen molar-refractivity contribution in [2.24, 2.45) is 5.10 Å². The fourth-order valence-corrected chi connectivity index (χ4v) is 2.29. The lowest BCUT2D eigenvalue weighted by molar-refractivity contribution is 0.0950. The van der Waals surface area contributed by atoms with Crippen LogP contribution in [-0.2, 0) is 0 Å². The van der Waals surface area contributed by atoms with E-state index in [0.717, 1.165) is 16.9 Å². The molecule has 1 heterocycles. The van der Waals surface area contributed by atoms with Crippen LogP contribution in [0.4, 0.5) is 0 Å². The van der Waals surface area contributed by atoms with Gasteiger partial charge in [0.15, 0.2) is 0 Å². The Hall–Kier alpha value is -3.67. The van der Waals surface area contributed by atoms with E-state index in [1.165, 1.54) is 6.21 Å². The number of nitrogens with one attached hydrogen (secondary N) is 2. The zero-order chi connectivity index (χ0) is 18.2. The average Bonchev–Trinajstić information content (AvgIpc) is 3.19. The van der Waals surface area contributed by atoms with Crippen molar-refractivity contribution in [3.8, 4) is 17.0 Å². The standard InChI is InChI=1S/C20H18N4O2/c1-26-17-11-5-10-16(13-17)18-14-19(23-22-18)20(25)24-21-12-6-9-15-7-3-2-4-8-15/h2-14H,1H3,(H,22,23)(H,24,25)/b9-6+,21-12+. The minimum atomic E-state index is -0.365. The zero-order valence-corrected chi connectivity index (χ0v) is 14.2. The van der Waals surface area contributed by atoms with Crippen molar-refractivity contribution in [3.63, 3.8) is 0 Å². The van der Waals surface area contributed by atoms with Gasteiger partial charge >= 0.3 is 0 Å². The summed E-state index contributed by atoms with van der Waals surface area (Å²) < 4.78 is 5.20. The minimum absolute atomic E-state index is 0.326. The molecule has 3 aromatic rings. The first kappa shape index (κ1) is 17.2. The van der Waals surface area contributed by atoms with Crippen molar-refractivity contribution in [2.75, 3.05) is 7.11 Å². The number of allylic oxidation sites excluding steroid dienone is 1. The molecular weight excluding hydrogens is 328 g/mol. The molecule has 0 atom stereocenters. The molecular formula is C20H18N4O2. The third-order valence-corrected chi connectivity index (χ3v) is 3.60. The molecule has 2 aromatic carbocycles. The van der Waals surface area contributed by atoms with E-state index in [1.54, 1.807) is 19.3 Å². The predicted octanol–water partition coefficient (Wildman–Crippen LogP) is 3.51. The van der Waals surface area contributed by atoms with E-state index in [1.807, 2.05) is 60.7 Å². The highest BCUT2D eigenvalue weighted by atomic mass is 16.5. The Bertz CT molecular complexity index is 930. The van der Waals surface area contributed by atoms with Crippen LogP contribution >= 0.6 is 0 Å². The van der Waals surface area contributed by atoms with Crippen molar-refractivity contribution in [3.05, 3.63) is 78.0 Å². The Morgan fingerprint density at radius 1 is 1.15 bits per heavy atom. The van der Waals surface area contributed by atoms with Gasteiger partial charge in [-0.2, -0.15) is 10.2 Å². The van der Waals surface area contributed by atoms with Crippen molar-refractivity contribution in [2.45, 2.75) is 0 Å². The van der Waals surface area contributed by atoms with E-state index in [2.05, 4.69) is 20.7 Å². The molecule has 0 aliphatic heterocycles. The number of carbonyl (C=O) groups is 1. The van der Waals surface area contributed by atoms with E-state index < -0.39 is 0 Å². The number of amides is 1. The van der Waals surface area contributed by atoms with Gasteiger partial charge in [0.2, 0.25) is 0 Å².